The molecule has 220 valence electrons. The van der Waals surface area contributed by atoms with Crippen LogP contribution in [0.3, 0.4) is 0 Å². The van der Waals surface area contributed by atoms with E-state index in [1.165, 1.54) is 29.2 Å². The number of nitrogens with zero attached hydrogens (tertiary/aromatic N) is 2. The number of nitrogens with one attached hydrogen (secondary N) is 1. The maximum absolute atomic E-state index is 14.0. The van der Waals surface area contributed by atoms with Gasteiger partial charge in [-0.25, -0.2) is 8.42 Å². The molecule has 3 rings (SSSR count). The fourth-order valence-corrected chi connectivity index (χ4v) is 6.19. The van der Waals surface area contributed by atoms with Crippen LogP contribution in [0.15, 0.2) is 71.6 Å². The molecule has 0 aliphatic rings. The van der Waals surface area contributed by atoms with E-state index in [0.717, 1.165) is 4.31 Å². The SMILES string of the molecule is CCNC(=O)[C@@H](CC)N(Cc1ccc(Cl)cc1Cl)C(=O)CN(c1ccc(OCC)cc1)S(=O)(=O)c1ccc(Cl)cc1. The number of benzene rings is 3. The topological polar surface area (TPSA) is 96.0 Å². The van der Waals surface area contributed by atoms with Gasteiger partial charge in [-0.15, -0.1) is 0 Å². The van der Waals surface area contributed by atoms with Crippen LogP contribution in [0.25, 0.3) is 0 Å². The van der Waals surface area contributed by atoms with Crippen molar-refractivity contribution in [1.29, 1.82) is 0 Å². The molecular formula is C29H32Cl3N3O5S. The monoisotopic (exact) mass is 639 g/mol. The lowest BCUT2D eigenvalue weighted by molar-refractivity contribution is -0.140. The van der Waals surface area contributed by atoms with Crippen molar-refractivity contribution in [1.82, 2.24) is 10.2 Å². The first kappa shape index (κ1) is 32.5. The smallest absolute Gasteiger partial charge is 0.264 e. The molecule has 0 heterocycles. The van der Waals surface area contributed by atoms with Crippen molar-refractivity contribution in [3.63, 3.8) is 0 Å². The van der Waals surface area contributed by atoms with Gasteiger partial charge in [0, 0.05) is 28.2 Å². The second-order valence-electron chi connectivity index (χ2n) is 8.97. The van der Waals surface area contributed by atoms with Crippen molar-refractivity contribution in [2.75, 3.05) is 24.0 Å². The largest absolute Gasteiger partial charge is 0.494 e. The van der Waals surface area contributed by atoms with Crippen LogP contribution in [0.5, 0.6) is 5.75 Å². The second-order valence-corrected chi connectivity index (χ2v) is 12.1. The molecule has 0 aromatic heterocycles. The van der Waals surface area contributed by atoms with Crippen LogP contribution < -0.4 is 14.4 Å². The summed E-state index contributed by atoms with van der Waals surface area (Å²) in [5, 5.41) is 3.87. The van der Waals surface area contributed by atoms with Gasteiger partial charge in [0.1, 0.15) is 18.3 Å². The predicted octanol–water partition coefficient (Wildman–Crippen LogP) is 6.18. The molecule has 8 nitrogen and oxygen atoms in total. The summed E-state index contributed by atoms with van der Waals surface area (Å²) in [5.74, 6) is -0.408. The Labute approximate surface area is 256 Å². The summed E-state index contributed by atoms with van der Waals surface area (Å²) in [6.45, 7) is 5.57. The van der Waals surface area contributed by atoms with E-state index in [9.17, 15) is 18.0 Å². The minimum Gasteiger partial charge on any atom is -0.494 e. The molecule has 0 spiro atoms. The summed E-state index contributed by atoms with van der Waals surface area (Å²) in [5.41, 5.74) is 0.799. The molecule has 1 atom stereocenters. The highest BCUT2D eigenvalue weighted by molar-refractivity contribution is 7.92. The molecule has 0 unspecified atom stereocenters. The lowest BCUT2D eigenvalue weighted by Gasteiger charge is -2.33. The molecule has 0 saturated carbocycles. The molecule has 3 aromatic carbocycles. The van der Waals surface area contributed by atoms with Crippen LogP contribution in [0, 0.1) is 0 Å². The molecule has 1 N–H and O–H groups in total. The molecule has 0 bridgehead atoms. The number of rotatable bonds is 13. The Balaban J connectivity index is 2.08. The molecule has 12 heteroatoms. The Hall–Kier alpha value is -2.98. The van der Waals surface area contributed by atoms with Gasteiger partial charge in [0.15, 0.2) is 0 Å². The van der Waals surface area contributed by atoms with E-state index in [0.29, 0.717) is 39.5 Å². The molecule has 0 aliphatic carbocycles. The summed E-state index contributed by atoms with van der Waals surface area (Å²) < 4.78 is 34.3. The number of carbonyl (C=O) groups is 2. The molecular weight excluding hydrogens is 609 g/mol. The van der Waals surface area contributed by atoms with Crippen molar-refractivity contribution < 1.29 is 22.7 Å². The predicted molar refractivity (Wildman–Crippen MR) is 163 cm³/mol. The lowest BCUT2D eigenvalue weighted by Crippen LogP contribution is -2.52. The van der Waals surface area contributed by atoms with E-state index in [-0.39, 0.29) is 29.5 Å². The average molecular weight is 641 g/mol. The quantitative estimate of drug-likeness (QED) is 0.241. The highest BCUT2D eigenvalue weighted by Gasteiger charge is 2.34. The van der Waals surface area contributed by atoms with Crippen LogP contribution >= 0.6 is 34.8 Å². The van der Waals surface area contributed by atoms with Crippen LogP contribution in [0.2, 0.25) is 15.1 Å². The van der Waals surface area contributed by atoms with Gasteiger partial charge in [0.25, 0.3) is 10.0 Å². The minimum absolute atomic E-state index is 0.0391. The number of hydrogen-bond donors (Lipinski definition) is 1. The summed E-state index contributed by atoms with van der Waals surface area (Å²) in [7, 11) is -4.23. The Bertz CT molecular complexity index is 1450. The molecule has 3 aromatic rings. The highest BCUT2D eigenvalue weighted by Crippen LogP contribution is 2.28. The van der Waals surface area contributed by atoms with E-state index in [4.69, 9.17) is 39.5 Å². The first-order valence-corrected chi connectivity index (χ1v) is 15.6. The van der Waals surface area contributed by atoms with Gasteiger partial charge < -0.3 is 15.0 Å². The molecule has 0 saturated heterocycles. The number of carbonyl (C=O) groups excluding carboxylic acids is 2. The van der Waals surface area contributed by atoms with E-state index >= 15 is 0 Å². The van der Waals surface area contributed by atoms with Gasteiger partial charge in [-0.2, -0.15) is 0 Å². The van der Waals surface area contributed by atoms with Crippen LogP contribution in [-0.4, -0.2) is 50.9 Å². The number of hydrogen-bond acceptors (Lipinski definition) is 5. The third kappa shape index (κ3) is 8.29. The summed E-state index contributed by atoms with van der Waals surface area (Å²) in [6.07, 6.45) is 0.287. The number of ether oxygens (including phenoxy) is 1. The van der Waals surface area contributed by atoms with Crippen LogP contribution in [0.4, 0.5) is 5.69 Å². The molecule has 0 fully saturated rings. The first-order chi connectivity index (χ1) is 19.5. The molecule has 0 aliphatic heterocycles. The van der Waals surface area contributed by atoms with Crippen LogP contribution in [0.1, 0.15) is 32.8 Å². The van der Waals surface area contributed by atoms with E-state index in [1.807, 2.05) is 6.92 Å². The van der Waals surface area contributed by atoms with Crippen molar-refractivity contribution in [3.05, 3.63) is 87.4 Å². The third-order valence-electron chi connectivity index (χ3n) is 6.21. The van der Waals surface area contributed by atoms with E-state index in [1.54, 1.807) is 56.3 Å². The highest BCUT2D eigenvalue weighted by atomic mass is 35.5. The average Bonchev–Trinajstić information content (AvgIpc) is 2.93. The summed E-state index contributed by atoms with van der Waals surface area (Å²) in [4.78, 5) is 28.4. The fourth-order valence-electron chi connectivity index (χ4n) is 4.18. The van der Waals surface area contributed by atoms with Gasteiger partial charge in [-0.3, -0.25) is 13.9 Å². The van der Waals surface area contributed by atoms with Gasteiger partial charge >= 0.3 is 0 Å². The number of amides is 2. The molecule has 2 amide bonds. The van der Waals surface area contributed by atoms with Gasteiger partial charge in [0.2, 0.25) is 11.8 Å². The van der Waals surface area contributed by atoms with Crippen LogP contribution in [-0.2, 0) is 26.2 Å². The van der Waals surface area contributed by atoms with Gasteiger partial charge in [-0.05, 0) is 86.5 Å². The van der Waals surface area contributed by atoms with E-state index in [2.05, 4.69) is 5.32 Å². The van der Waals surface area contributed by atoms with Crippen molar-refractivity contribution in [2.45, 2.75) is 44.7 Å². The molecule has 41 heavy (non-hydrogen) atoms. The summed E-state index contributed by atoms with van der Waals surface area (Å²) in [6, 6.07) is 16.0. The third-order valence-corrected chi connectivity index (χ3v) is 8.84. The van der Waals surface area contributed by atoms with Crippen molar-refractivity contribution >= 4 is 62.3 Å². The lowest BCUT2D eigenvalue weighted by atomic mass is 10.1. The Morgan fingerprint density at radius 3 is 2.10 bits per heavy atom. The van der Waals surface area contributed by atoms with Crippen molar-refractivity contribution in [2.24, 2.45) is 0 Å². The fraction of sp³-hybridized carbons (Fsp3) is 0.310. The van der Waals surface area contributed by atoms with Gasteiger partial charge in [-0.1, -0.05) is 47.8 Å². The minimum atomic E-state index is -4.23. The van der Waals surface area contributed by atoms with Crippen molar-refractivity contribution in [3.8, 4) is 5.75 Å². The number of anilines is 1. The molecule has 0 radical (unpaired) electrons. The zero-order chi connectivity index (χ0) is 30.2. The Morgan fingerprint density at radius 2 is 1.54 bits per heavy atom. The maximum atomic E-state index is 14.0. The summed E-state index contributed by atoms with van der Waals surface area (Å²) >= 11 is 18.5. The maximum Gasteiger partial charge on any atom is 0.264 e. The second kappa shape index (κ2) is 14.8. The Kier molecular flexibility index (Phi) is 11.7. The first-order valence-electron chi connectivity index (χ1n) is 13.0. The van der Waals surface area contributed by atoms with E-state index < -0.39 is 28.5 Å². The van der Waals surface area contributed by atoms with Gasteiger partial charge in [0.05, 0.1) is 17.2 Å². The Morgan fingerprint density at radius 1 is 0.902 bits per heavy atom. The zero-order valence-electron chi connectivity index (χ0n) is 22.9. The zero-order valence-corrected chi connectivity index (χ0v) is 26.0. The number of likely N-dealkylation sites (N-methyl/N-ethyl adjacent to an activating group) is 1. The number of sulfonamides is 1. The normalized spacial score (nSPS) is 12.0. The number of halogens is 3. The standard InChI is InChI=1S/C29H32Cl3N3O5S/c1-4-27(29(37)33-5-2)34(18-20-7-8-22(31)17-26(20)32)28(36)19-35(23-11-13-24(14-12-23)40-6-3)41(38,39)25-15-9-21(30)10-16-25/h7-17,27H,4-6,18-19H2,1-3H3,(H,33,37)/t27-/m1/s1.